The Bertz CT molecular complexity index is 6100. The average molecular weight is 2150 g/mol. The van der Waals surface area contributed by atoms with Crippen LogP contribution in [0.3, 0.4) is 0 Å². The number of Topliss-reactive ketones (excluding diaryl/α,β-unsaturated/α-hetero) is 3. The normalized spacial score (nSPS) is 23.1. The number of hydrogen-bond donors (Lipinski definition) is 19. The van der Waals surface area contributed by atoms with Gasteiger partial charge in [-0.1, -0.05) is 113 Å². The number of benzene rings is 4. The second-order valence-corrected chi connectivity index (χ2v) is 40.4. The summed E-state index contributed by atoms with van der Waals surface area (Å²) in [7, 11) is 1.28. The number of likely N-dealkylation sites (N-methyl/N-ethyl adjacent to an activating group) is 1. The fourth-order valence-electron chi connectivity index (χ4n) is 15.7. The number of ketones is 3. The summed E-state index contributed by atoms with van der Waals surface area (Å²) in [6.07, 6.45) is -12.7. The van der Waals surface area contributed by atoms with Crippen molar-refractivity contribution in [1.29, 1.82) is 0 Å². The number of amides is 15. The standard InChI is InChI=1S/C97H125N19O31S3/c1-9-61-87(138)109-66(43-79(129)130)91(142)108-63(36-52-16-11-10-12-17-52)88(139)107-64(37-53-22-24-59(117)25-23-53)89(140)110-67(44-80(131)132)92(143)112-81(97(5,6)7)71(120)40-57(82(100)133)46-148-33-29-75(124)114-94(145)115-76(125)30-34-149-47-58(41-69(118)49(2)101-73(122)45-113(8)74(123)28-32-98)86(137)103-50(3)83(134)106-65(42-72(99)121)90(141)105-62(26-27-78(127)128)70(119)39-56(38-55-20-15-19-54-18-13-14-21-60(54)55)85(136)102-51(4)84(135)111-68(93(144)104-61)48-150-35-31-77(126)116(95(114)146)96(115)147/h10-25,49-51,56-58,61-68,81,117H,9,26-48,98H2,1-8H3,(H2,99,121)(H2,100,133)(H,101,122)(H,102,136)(H,103,137)(H,104,144)(H,105,141)(H,106,134)(H,107,139)(H,108,142)(H,109,138)(H,110,140)(H,111,135)(H,112,143)(H,127,128)(H,129,130)(H,131,132)/t49-,50+,51+,56+,57-,58-,61-,62-,63-,64-,65-,66-,67-,68-,81+/m0/s1. The first kappa shape index (κ1) is 122. The summed E-state index contributed by atoms with van der Waals surface area (Å²) in [5, 5.41) is 70.7. The molecule has 0 fully saturated rings. The number of thioether (sulfide) groups is 3. The molecule has 3 heterocycles. The van der Waals surface area contributed by atoms with Crippen LogP contribution in [0.5, 0.6) is 5.75 Å². The van der Waals surface area contributed by atoms with Gasteiger partial charge in [0.2, 0.25) is 106 Å². The number of carbonyl (C=O) groups excluding carboxylic acids is 21. The zero-order chi connectivity index (χ0) is 111. The van der Waals surface area contributed by atoms with Crippen LogP contribution in [0.15, 0.2) is 111 Å². The number of phenols is 1. The van der Waals surface area contributed by atoms with E-state index in [0.29, 0.717) is 57.2 Å². The number of carbonyl (C=O) groups is 24. The molecule has 15 amide bonds. The van der Waals surface area contributed by atoms with Crippen molar-refractivity contribution in [3.8, 4) is 5.75 Å². The number of nitrogens with two attached hydrogens (primary N) is 3. The first-order valence-electron chi connectivity index (χ1n) is 47.7. The molecular weight excluding hydrogens is 2020 g/mol. The fraction of sp³-hybridized carbons (Fsp3) is 0.495. The molecule has 0 aliphatic carbocycles. The number of nitrogens with zero attached hydrogens (tertiary/aromatic N) is 4. The highest BCUT2D eigenvalue weighted by molar-refractivity contribution is 7.99. The van der Waals surface area contributed by atoms with Crippen molar-refractivity contribution in [2.75, 3.05) is 54.7 Å². The molecule has 812 valence electrons. The molecule has 50 nitrogen and oxygen atoms in total. The second kappa shape index (κ2) is 58.0. The van der Waals surface area contributed by atoms with E-state index >= 15 is 19.2 Å². The summed E-state index contributed by atoms with van der Waals surface area (Å²) >= 11 is 1.91. The second-order valence-electron chi connectivity index (χ2n) is 37.0. The van der Waals surface area contributed by atoms with Gasteiger partial charge in [0.05, 0.1) is 55.8 Å². The number of primary amides is 2. The molecular formula is C97H125N19O31S3. The highest BCUT2D eigenvalue weighted by atomic mass is 32.2. The average Bonchev–Trinajstić information content (AvgIpc) is 0.757. The van der Waals surface area contributed by atoms with Crippen molar-refractivity contribution < 1.29 is 135 Å². The van der Waals surface area contributed by atoms with Gasteiger partial charge in [0, 0.05) is 118 Å². The molecule has 22 N–H and O–H groups in total. The largest absolute Gasteiger partial charge is 0.508 e. The van der Waals surface area contributed by atoms with Crippen LogP contribution >= 0.6 is 35.3 Å². The number of carboxylic acids is 3. The van der Waals surface area contributed by atoms with E-state index in [-0.39, 0.29) is 44.4 Å². The van der Waals surface area contributed by atoms with Crippen LogP contribution in [0.1, 0.15) is 163 Å². The van der Waals surface area contributed by atoms with Gasteiger partial charge in [-0.15, -0.1) is 0 Å². The lowest BCUT2D eigenvalue weighted by Crippen LogP contribution is -2.61. The van der Waals surface area contributed by atoms with E-state index in [2.05, 4.69) is 63.8 Å². The number of phenolic OH excluding ortho intramolecular Hbond substituents is 1. The van der Waals surface area contributed by atoms with Crippen molar-refractivity contribution in [2.24, 2.45) is 40.4 Å². The first-order chi connectivity index (χ1) is 70.7. The Kier molecular flexibility index (Phi) is 47.1. The number of fused-ring (bicyclic) bond motifs is 8. The number of hydrogen-bond acceptors (Lipinski definition) is 32. The zero-order valence-corrected chi connectivity index (χ0v) is 85.9. The van der Waals surface area contributed by atoms with Gasteiger partial charge in [-0.25, -0.2) is 14.4 Å². The lowest BCUT2D eigenvalue weighted by Gasteiger charge is -2.32. The predicted octanol–water partition coefficient (Wildman–Crippen LogP) is -3.88. The summed E-state index contributed by atoms with van der Waals surface area (Å²) in [6.45, 7) is 8.38. The van der Waals surface area contributed by atoms with Gasteiger partial charge in [0.25, 0.3) is 0 Å². The molecule has 150 heavy (non-hydrogen) atoms. The van der Waals surface area contributed by atoms with Gasteiger partial charge < -0.3 is 106 Å². The van der Waals surface area contributed by atoms with Crippen LogP contribution in [0.25, 0.3) is 10.8 Å². The summed E-state index contributed by atoms with van der Waals surface area (Å²) < 4.78 is -0.782. The van der Waals surface area contributed by atoms with Gasteiger partial charge in [0.15, 0.2) is 17.3 Å². The van der Waals surface area contributed by atoms with Crippen LogP contribution in [0.2, 0.25) is 0 Å². The number of aliphatic carboxylic acids is 3. The highest BCUT2D eigenvalue weighted by Crippen LogP contribution is 2.28. The molecule has 4 bridgehead atoms. The van der Waals surface area contributed by atoms with Crippen molar-refractivity contribution in [2.45, 2.75) is 224 Å². The summed E-state index contributed by atoms with van der Waals surface area (Å²) in [5.74, 6) is -38.9. The van der Waals surface area contributed by atoms with Crippen molar-refractivity contribution in [3.05, 3.63) is 145 Å². The SMILES string of the molecule is CC[C@@H]1NC(=O)[C@@H]2CSCCC(=O)n3c(=O)n(c(=O)n(c3=O)C(=O)CCSC[C@H](CC(=O)[C@H](C)NC(=O)CN(C)C(=O)CCN)C(=O)N[C@H](C)C(=O)N[C@@H](CC(N)=O)C(=O)N[C@@H](CCC(=O)O)C(=O)C[C@@H](Cc3cccc4ccccc34)C(=O)N[C@H](C)C(=O)N2)C(=O)CCSC[C@@H](C(N)=O)CC(=O)[C@H](C(C)(C)C)NC(=O)[C@H](CC(=O)O)NC(=O)[C@H](Cc2ccc(O)cc2)NC(=O)[C@H](Cc2ccccc2)NC(=O)[C@H](CC(=O)O)NC1=O. The minimum Gasteiger partial charge on any atom is -0.508 e. The fourth-order valence-corrected chi connectivity index (χ4v) is 18.8. The van der Waals surface area contributed by atoms with Gasteiger partial charge >= 0.3 is 35.0 Å². The molecule has 0 saturated heterocycles. The van der Waals surface area contributed by atoms with Crippen LogP contribution in [-0.2, 0) is 120 Å². The van der Waals surface area contributed by atoms with Gasteiger partial charge in [-0.05, 0) is 85.0 Å². The molecule has 0 spiro atoms. The molecule has 4 aromatic carbocycles. The summed E-state index contributed by atoms with van der Waals surface area (Å²) in [6, 6.07) is 1.76. The topological polar surface area (TPSA) is 782 Å². The number of carboxylic acid groups (broad SMARTS) is 3. The maximum atomic E-state index is 15.2. The third kappa shape index (κ3) is 37.3. The van der Waals surface area contributed by atoms with Crippen molar-refractivity contribution in [1.82, 2.24) is 82.4 Å². The molecule has 2 aliphatic rings. The van der Waals surface area contributed by atoms with Crippen LogP contribution in [0, 0.1) is 23.2 Å². The Labute approximate surface area is 870 Å². The van der Waals surface area contributed by atoms with Crippen molar-refractivity contribution >= 4 is 188 Å². The van der Waals surface area contributed by atoms with Crippen LogP contribution < -0.4 is 98.1 Å². The number of nitrogens with one attached hydrogen (secondary N) is 12. The molecule has 0 unspecified atom stereocenters. The maximum absolute atomic E-state index is 15.2. The van der Waals surface area contributed by atoms with Crippen LogP contribution in [-0.4, -0.2) is 308 Å². The van der Waals surface area contributed by atoms with Crippen LogP contribution in [0.4, 0.5) is 0 Å². The number of aromatic nitrogens is 3. The molecule has 7 rings (SSSR count). The minimum absolute atomic E-state index is 0.0757. The molecule has 0 saturated carbocycles. The zero-order valence-electron chi connectivity index (χ0n) is 83.4. The Hall–Kier alpha value is -15.2. The molecule has 2 aliphatic heterocycles. The molecule has 53 heteroatoms. The summed E-state index contributed by atoms with van der Waals surface area (Å²) in [4.78, 5) is 386. The molecule has 5 aromatic rings. The highest BCUT2D eigenvalue weighted by Gasteiger charge is 2.43. The monoisotopic (exact) mass is 2150 g/mol. The smallest absolute Gasteiger partial charge is 0.350 e. The maximum Gasteiger partial charge on any atom is 0.350 e. The van der Waals surface area contributed by atoms with E-state index in [1.54, 1.807) is 48.5 Å². The van der Waals surface area contributed by atoms with E-state index in [1.807, 2.05) is 0 Å². The van der Waals surface area contributed by atoms with E-state index < -0.39 is 385 Å². The van der Waals surface area contributed by atoms with Gasteiger partial charge in [-0.2, -0.15) is 49.0 Å². The molecule has 1 aromatic heterocycles. The van der Waals surface area contributed by atoms with Crippen molar-refractivity contribution in [3.63, 3.8) is 0 Å². The Morgan fingerprint density at radius 1 is 0.460 bits per heavy atom. The van der Waals surface area contributed by atoms with E-state index in [1.165, 1.54) is 90.2 Å². The lowest BCUT2D eigenvalue weighted by molar-refractivity contribution is -0.142. The number of aromatic hydroxyl groups is 1. The van der Waals surface area contributed by atoms with E-state index in [9.17, 15) is 131 Å². The Morgan fingerprint density at radius 2 is 0.907 bits per heavy atom. The quantitative estimate of drug-likeness (QED) is 0.0266. The predicted molar refractivity (Wildman–Crippen MR) is 542 cm³/mol. The van der Waals surface area contributed by atoms with Gasteiger partial charge in [-0.3, -0.25) is 115 Å². The first-order valence-corrected chi connectivity index (χ1v) is 51.2. The molecule has 15 atom stereocenters. The Morgan fingerprint density at radius 3 is 1.41 bits per heavy atom. The third-order valence-electron chi connectivity index (χ3n) is 24.0. The molecule has 0 radical (unpaired) electrons. The lowest BCUT2D eigenvalue weighted by atomic mass is 9.81. The van der Waals surface area contributed by atoms with Gasteiger partial charge in [0.1, 0.15) is 60.1 Å². The van der Waals surface area contributed by atoms with E-state index in [4.69, 9.17) is 17.2 Å². The number of rotatable bonds is 25. The summed E-state index contributed by atoms with van der Waals surface area (Å²) in [5.41, 5.74) is 10.6. The Balaban J connectivity index is 1.41. The van der Waals surface area contributed by atoms with E-state index in [0.717, 1.165) is 18.7 Å². The minimum atomic E-state index is -2.20. The third-order valence-corrected chi connectivity index (χ3v) is 27.4.